The lowest BCUT2D eigenvalue weighted by molar-refractivity contribution is -0.115. The molecule has 0 spiro atoms. The van der Waals surface area contributed by atoms with Gasteiger partial charge >= 0.3 is 0 Å². The van der Waals surface area contributed by atoms with E-state index in [1.807, 2.05) is 43.3 Å². The number of rotatable bonds is 5. The zero-order valence-electron chi connectivity index (χ0n) is 10.6. The maximum atomic E-state index is 11.7. The van der Waals surface area contributed by atoms with E-state index in [9.17, 15) is 4.79 Å². The van der Waals surface area contributed by atoms with Crippen molar-refractivity contribution in [3.8, 4) is 0 Å². The highest BCUT2D eigenvalue weighted by Crippen LogP contribution is 2.20. The molecule has 0 radical (unpaired) electrons. The molecule has 100 valence electrons. The number of hydrogen-bond acceptors (Lipinski definition) is 3. The Kier molecular flexibility index (Phi) is 4.96. The van der Waals surface area contributed by atoms with Gasteiger partial charge in [0.15, 0.2) is 0 Å². The van der Waals surface area contributed by atoms with Crippen LogP contribution in [0, 0.1) is 6.92 Å². The van der Waals surface area contributed by atoms with E-state index in [-0.39, 0.29) is 12.5 Å². The number of amides is 1. The molecule has 2 aromatic rings. The van der Waals surface area contributed by atoms with Crippen molar-refractivity contribution < 1.29 is 4.79 Å². The minimum absolute atomic E-state index is 0.0495. The molecular formula is C14H15ClN2OS. The van der Waals surface area contributed by atoms with E-state index in [1.54, 1.807) is 0 Å². The van der Waals surface area contributed by atoms with Crippen molar-refractivity contribution in [1.29, 1.82) is 0 Å². The molecule has 1 amide bonds. The minimum Gasteiger partial charge on any atom is -0.325 e. The summed E-state index contributed by atoms with van der Waals surface area (Å²) >= 11 is 7.35. The highest BCUT2D eigenvalue weighted by molar-refractivity contribution is 7.16. The summed E-state index contributed by atoms with van der Waals surface area (Å²) in [7, 11) is 0. The molecule has 0 aliphatic rings. The molecule has 0 aliphatic heterocycles. The Balaban J connectivity index is 1.74. The van der Waals surface area contributed by atoms with Gasteiger partial charge < -0.3 is 10.6 Å². The van der Waals surface area contributed by atoms with Crippen LogP contribution in [0.15, 0.2) is 36.4 Å². The van der Waals surface area contributed by atoms with Gasteiger partial charge in [-0.25, -0.2) is 0 Å². The van der Waals surface area contributed by atoms with Gasteiger partial charge in [-0.1, -0.05) is 29.3 Å². The van der Waals surface area contributed by atoms with E-state index in [1.165, 1.54) is 16.9 Å². The number of nitrogens with one attached hydrogen (secondary N) is 2. The molecular weight excluding hydrogens is 280 g/mol. The standard InChI is InChI=1S/C14H15ClN2OS/c1-10-2-4-11(5-3-10)17-14(18)9-16-8-12-6-7-13(15)19-12/h2-7,16H,8-9H2,1H3,(H,17,18). The monoisotopic (exact) mass is 294 g/mol. The van der Waals surface area contributed by atoms with Gasteiger partial charge in [0.1, 0.15) is 0 Å². The Morgan fingerprint density at radius 2 is 1.95 bits per heavy atom. The number of aryl methyl sites for hydroxylation is 1. The van der Waals surface area contributed by atoms with Gasteiger partial charge in [-0.05, 0) is 31.2 Å². The van der Waals surface area contributed by atoms with Crippen molar-refractivity contribution in [3.05, 3.63) is 51.2 Å². The molecule has 0 unspecified atom stereocenters. The molecule has 1 heterocycles. The summed E-state index contributed by atoms with van der Waals surface area (Å²) in [4.78, 5) is 12.8. The van der Waals surface area contributed by atoms with Gasteiger partial charge in [0.05, 0.1) is 10.9 Å². The van der Waals surface area contributed by atoms with Crippen molar-refractivity contribution in [1.82, 2.24) is 5.32 Å². The molecule has 0 atom stereocenters. The number of benzene rings is 1. The Morgan fingerprint density at radius 3 is 2.58 bits per heavy atom. The first-order chi connectivity index (χ1) is 9.13. The lowest BCUT2D eigenvalue weighted by Gasteiger charge is -2.06. The maximum absolute atomic E-state index is 11.7. The van der Waals surface area contributed by atoms with E-state index < -0.39 is 0 Å². The van der Waals surface area contributed by atoms with Crippen LogP contribution in [-0.4, -0.2) is 12.5 Å². The number of hydrogen-bond donors (Lipinski definition) is 2. The quantitative estimate of drug-likeness (QED) is 0.887. The molecule has 2 N–H and O–H groups in total. The fourth-order valence-electron chi connectivity index (χ4n) is 1.59. The molecule has 1 aromatic heterocycles. The largest absolute Gasteiger partial charge is 0.325 e. The van der Waals surface area contributed by atoms with Crippen molar-refractivity contribution >= 4 is 34.5 Å². The molecule has 0 bridgehead atoms. The minimum atomic E-state index is -0.0495. The van der Waals surface area contributed by atoms with E-state index in [0.717, 1.165) is 14.9 Å². The Labute approximate surface area is 121 Å². The molecule has 2 rings (SSSR count). The number of carbonyl (C=O) groups is 1. The first kappa shape index (κ1) is 14.1. The summed E-state index contributed by atoms with van der Waals surface area (Å²) in [6, 6.07) is 11.5. The van der Waals surface area contributed by atoms with Crippen LogP contribution in [0.4, 0.5) is 5.69 Å². The van der Waals surface area contributed by atoms with Gasteiger partial charge in [-0.3, -0.25) is 4.79 Å². The van der Waals surface area contributed by atoms with Crippen LogP contribution in [0.1, 0.15) is 10.4 Å². The highest BCUT2D eigenvalue weighted by atomic mass is 35.5. The molecule has 3 nitrogen and oxygen atoms in total. The number of thiophene rings is 1. The predicted molar refractivity (Wildman–Crippen MR) is 80.8 cm³/mol. The molecule has 0 saturated heterocycles. The summed E-state index contributed by atoms with van der Waals surface area (Å²) in [6.45, 7) is 2.95. The zero-order valence-corrected chi connectivity index (χ0v) is 12.1. The van der Waals surface area contributed by atoms with Crippen LogP contribution in [0.2, 0.25) is 4.34 Å². The number of halogens is 1. The second kappa shape index (κ2) is 6.70. The van der Waals surface area contributed by atoms with Crippen molar-refractivity contribution in [2.45, 2.75) is 13.5 Å². The maximum Gasteiger partial charge on any atom is 0.238 e. The van der Waals surface area contributed by atoms with E-state index in [4.69, 9.17) is 11.6 Å². The molecule has 0 aliphatic carbocycles. The van der Waals surface area contributed by atoms with Crippen LogP contribution in [0.5, 0.6) is 0 Å². The third kappa shape index (κ3) is 4.67. The normalized spacial score (nSPS) is 10.4. The number of anilines is 1. The summed E-state index contributed by atoms with van der Waals surface area (Å²) in [5.74, 6) is -0.0495. The van der Waals surface area contributed by atoms with Crippen LogP contribution in [0.25, 0.3) is 0 Å². The Bertz CT molecular complexity index is 551. The third-order valence-corrected chi connectivity index (χ3v) is 3.78. The van der Waals surface area contributed by atoms with Crippen LogP contribution in [-0.2, 0) is 11.3 Å². The summed E-state index contributed by atoms with van der Waals surface area (Å²) in [5, 5.41) is 5.92. The van der Waals surface area contributed by atoms with Gasteiger partial charge in [-0.2, -0.15) is 0 Å². The van der Waals surface area contributed by atoms with Crippen molar-refractivity contribution in [2.24, 2.45) is 0 Å². The SMILES string of the molecule is Cc1ccc(NC(=O)CNCc2ccc(Cl)s2)cc1. The first-order valence-electron chi connectivity index (χ1n) is 5.95. The summed E-state index contributed by atoms with van der Waals surface area (Å²) in [5.41, 5.74) is 1.99. The first-order valence-corrected chi connectivity index (χ1v) is 7.14. The highest BCUT2D eigenvalue weighted by Gasteiger charge is 2.03. The van der Waals surface area contributed by atoms with Crippen molar-refractivity contribution in [3.63, 3.8) is 0 Å². The molecule has 0 fully saturated rings. The van der Waals surface area contributed by atoms with E-state index in [0.29, 0.717) is 6.54 Å². The van der Waals surface area contributed by atoms with Crippen LogP contribution in [0.3, 0.4) is 0 Å². The second-order valence-electron chi connectivity index (χ2n) is 4.22. The van der Waals surface area contributed by atoms with Gasteiger partial charge in [0.25, 0.3) is 0 Å². The molecule has 19 heavy (non-hydrogen) atoms. The molecule has 1 aromatic carbocycles. The molecule has 0 saturated carbocycles. The molecule has 5 heteroatoms. The average molecular weight is 295 g/mol. The van der Waals surface area contributed by atoms with E-state index >= 15 is 0 Å². The van der Waals surface area contributed by atoms with E-state index in [2.05, 4.69) is 10.6 Å². The fourth-order valence-corrected chi connectivity index (χ4v) is 2.65. The zero-order chi connectivity index (χ0) is 13.7. The smallest absolute Gasteiger partial charge is 0.238 e. The average Bonchev–Trinajstić information content (AvgIpc) is 2.78. The fraction of sp³-hybridized carbons (Fsp3) is 0.214. The predicted octanol–water partition coefficient (Wildman–Crippen LogP) is 3.44. The van der Waals surface area contributed by atoms with Crippen LogP contribution >= 0.6 is 22.9 Å². The Hall–Kier alpha value is -1.36. The second-order valence-corrected chi connectivity index (χ2v) is 6.02. The Morgan fingerprint density at radius 1 is 1.21 bits per heavy atom. The lowest BCUT2D eigenvalue weighted by Crippen LogP contribution is -2.27. The van der Waals surface area contributed by atoms with Crippen molar-refractivity contribution in [2.75, 3.05) is 11.9 Å². The van der Waals surface area contributed by atoms with Gasteiger partial charge in [0.2, 0.25) is 5.91 Å². The third-order valence-electron chi connectivity index (χ3n) is 2.55. The van der Waals surface area contributed by atoms with Gasteiger partial charge in [0, 0.05) is 17.1 Å². The summed E-state index contributed by atoms with van der Waals surface area (Å²) in [6.07, 6.45) is 0. The topological polar surface area (TPSA) is 41.1 Å². The number of carbonyl (C=O) groups excluding carboxylic acids is 1. The van der Waals surface area contributed by atoms with Gasteiger partial charge in [-0.15, -0.1) is 11.3 Å². The van der Waals surface area contributed by atoms with Crippen LogP contribution < -0.4 is 10.6 Å². The summed E-state index contributed by atoms with van der Waals surface area (Å²) < 4.78 is 0.765. The lowest BCUT2D eigenvalue weighted by atomic mass is 10.2.